The van der Waals surface area contributed by atoms with Crippen LogP contribution in [0, 0.1) is 0 Å². The minimum atomic E-state index is 0.667. The van der Waals surface area contributed by atoms with Gasteiger partial charge in [-0.15, -0.1) is 0 Å². The third-order valence-corrected chi connectivity index (χ3v) is 2.83. The molecular formula is C14H23N. The van der Waals surface area contributed by atoms with Crippen molar-refractivity contribution in [2.75, 3.05) is 13.1 Å². The van der Waals surface area contributed by atoms with Crippen molar-refractivity contribution < 1.29 is 0 Å². The molecule has 1 N–H and O–H groups in total. The van der Waals surface area contributed by atoms with Crippen LogP contribution in [0.5, 0.6) is 0 Å². The van der Waals surface area contributed by atoms with Crippen molar-refractivity contribution in [3.05, 3.63) is 35.9 Å². The molecule has 15 heavy (non-hydrogen) atoms. The summed E-state index contributed by atoms with van der Waals surface area (Å²) in [6.45, 7) is 6.83. The molecule has 0 heterocycles. The van der Waals surface area contributed by atoms with Gasteiger partial charge in [-0.25, -0.2) is 0 Å². The Bertz CT molecular complexity index is 243. The quantitative estimate of drug-likeness (QED) is 0.671. The molecule has 0 aromatic heterocycles. The Labute approximate surface area is 93.9 Å². The maximum atomic E-state index is 3.49. The van der Waals surface area contributed by atoms with Crippen molar-refractivity contribution in [2.24, 2.45) is 0 Å². The first-order valence-electron chi connectivity index (χ1n) is 6.10. The van der Waals surface area contributed by atoms with Gasteiger partial charge in [-0.1, -0.05) is 50.6 Å². The summed E-state index contributed by atoms with van der Waals surface area (Å²) in [5, 5.41) is 3.49. The van der Waals surface area contributed by atoms with Crippen LogP contribution >= 0.6 is 0 Å². The van der Waals surface area contributed by atoms with Crippen LogP contribution in [0.3, 0.4) is 0 Å². The molecule has 1 aromatic rings. The second-order valence-electron chi connectivity index (χ2n) is 4.20. The molecule has 1 atom stereocenters. The molecule has 0 saturated heterocycles. The Morgan fingerprint density at radius 3 is 2.53 bits per heavy atom. The first-order chi connectivity index (χ1) is 7.34. The van der Waals surface area contributed by atoms with E-state index in [1.807, 2.05) is 0 Å². The van der Waals surface area contributed by atoms with Gasteiger partial charge in [0, 0.05) is 0 Å². The van der Waals surface area contributed by atoms with E-state index >= 15 is 0 Å². The fraction of sp³-hybridized carbons (Fsp3) is 0.571. The van der Waals surface area contributed by atoms with Crippen LogP contribution in [0.1, 0.15) is 44.6 Å². The number of nitrogens with one attached hydrogen (secondary N) is 1. The van der Waals surface area contributed by atoms with E-state index in [1.165, 1.54) is 24.8 Å². The minimum absolute atomic E-state index is 0.667. The summed E-state index contributed by atoms with van der Waals surface area (Å²) in [5.41, 5.74) is 1.45. The van der Waals surface area contributed by atoms with Gasteiger partial charge in [-0.05, 0) is 37.4 Å². The van der Waals surface area contributed by atoms with E-state index in [2.05, 4.69) is 49.5 Å². The van der Waals surface area contributed by atoms with Gasteiger partial charge in [0.05, 0.1) is 0 Å². The van der Waals surface area contributed by atoms with Gasteiger partial charge in [0.1, 0.15) is 0 Å². The predicted molar refractivity (Wildman–Crippen MR) is 67.3 cm³/mol. The van der Waals surface area contributed by atoms with E-state index in [0.717, 1.165) is 13.1 Å². The van der Waals surface area contributed by atoms with Gasteiger partial charge in [-0.3, -0.25) is 0 Å². The van der Waals surface area contributed by atoms with E-state index in [0.29, 0.717) is 5.92 Å². The van der Waals surface area contributed by atoms with Crippen molar-refractivity contribution in [1.82, 2.24) is 5.32 Å². The fourth-order valence-electron chi connectivity index (χ4n) is 1.69. The van der Waals surface area contributed by atoms with E-state index in [4.69, 9.17) is 0 Å². The average molecular weight is 205 g/mol. The molecule has 0 saturated carbocycles. The molecule has 1 heteroatoms. The first kappa shape index (κ1) is 12.3. The maximum Gasteiger partial charge on any atom is -0.00432 e. The highest BCUT2D eigenvalue weighted by molar-refractivity contribution is 5.18. The average Bonchev–Trinajstić information content (AvgIpc) is 2.30. The van der Waals surface area contributed by atoms with E-state index in [-0.39, 0.29) is 0 Å². The summed E-state index contributed by atoms with van der Waals surface area (Å²) >= 11 is 0. The fourth-order valence-corrected chi connectivity index (χ4v) is 1.69. The molecule has 1 rings (SSSR count). The van der Waals surface area contributed by atoms with E-state index in [9.17, 15) is 0 Å². The summed E-state index contributed by atoms with van der Waals surface area (Å²) in [7, 11) is 0. The molecule has 0 fully saturated rings. The highest BCUT2D eigenvalue weighted by Gasteiger charge is 2.03. The monoisotopic (exact) mass is 205 g/mol. The van der Waals surface area contributed by atoms with Crippen LogP contribution in [0.25, 0.3) is 0 Å². The molecule has 0 aliphatic rings. The first-order valence-corrected chi connectivity index (χ1v) is 6.10. The van der Waals surface area contributed by atoms with Crippen molar-refractivity contribution >= 4 is 0 Å². The van der Waals surface area contributed by atoms with Crippen LogP contribution in [-0.4, -0.2) is 13.1 Å². The lowest BCUT2D eigenvalue weighted by atomic mass is 9.98. The smallest absolute Gasteiger partial charge is 0.00432 e. The minimum Gasteiger partial charge on any atom is -0.317 e. The lowest BCUT2D eigenvalue weighted by Gasteiger charge is -2.12. The van der Waals surface area contributed by atoms with Crippen LogP contribution in [-0.2, 0) is 0 Å². The number of hydrogen-bond acceptors (Lipinski definition) is 1. The molecule has 0 spiro atoms. The summed E-state index contributed by atoms with van der Waals surface area (Å²) in [5.74, 6) is 0.667. The molecule has 0 aliphatic carbocycles. The highest BCUT2D eigenvalue weighted by Crippen LogP contribution is 2.17. The third-order valence-electron chi connectivity index (χ3n) is 2.83. The van der Waals surface area contributed by atoms with Gasteiger partial charge in [0.15, 0.2) is 0 Å². The SMILES string of the molecule is CCCCNCC[C@@H](C)c1ccccc1. The van der Waals surface area contributed by atoms with E-state index < -0.39 is 0 Å². The second kappa shape index (κ2) is 7.47. The Morgan fingerprint density at radius 2 is 1.87 bits per heavy atom. The van der Waals surface area contributed by atoms with Crippen LogP contribution in [0.15, 0.2) is 30.3 Å². The second-order valence-corrected chi connectivity index (χ2v) is 4.20. The summed E-state index contributed by atoms with van der Waals surface area (Å²) in [6.07, 6.45) is 3.80. The Kier molecular flexibility index (Phi) is 6.10. The Balaban J connectivity index is 2.16. The van der Waals surface area contributed by atoms with Crippen LogP contribution < -0.4 is 5.32 Å². The van der Waals surface area contributed by atoms with Crippen molar-refractivity contribution in [3.63, 3.8) is 0 Å². The normalized spacial score (nSPS) is 12.7. The summed E-state index contributed by atoms with van der Waals surface area (Å²) in [4.78, 5) is 0. The molecule has 0 unspecified atom stereocenters. The molecular weight excluding hydrogens is 182 g/mol. The predicted octanol–water partition coefficient (Wildman–Crippen LogP) is 3.57. The molecule has 0 bridgehead atoms. The lowest BCUT2D eigenvalue weighted by Crippen LogP contribution is -2.18. The number of hydrogen-bond donors (Lipinski definition) is 1. The van der Waals surface area contributed by atoms with Crippen molar-refractivity contribution in [1.29, 1.82) is 0 Å². The number of rotatable bonds is 7. The van der Waals surface area contributed by atoms with Crippen LogP contribution in [0.2, 0.25) is 0 Å². The van der Waals surface area contributed by atoms with Gasteiger partial charge in [0.2, 0.25) is 0 Å². The van der Waals surface area contributed by atoms with Crippen molar-refractivity contribution in [3.8, 4) is 0 Å². The lowest BCUT2D eigenvalue weighted by molar-refractivity contribution is 0.578. The largest absolute Gasteiger partial charge is 0.317 e. The van der Waals surface area contributed by atoms with Gasteiger partial charge in [-0.2, -0.15) is 0 Å². The van der Waals surface area contributed by atoms with Gasteiger partial charge >= 0.3 is 0 Å². The summed E-state index contributed by atoms with van der Waals surface area (Å²) < 4.78 is 0. The zero-order valence-electron chi connectivity index (χ0n) is 10.00. The molecule has 84 valence electrons. The number of benzene rings is 1. The standard InChI is InChI=1S/C14H23N/c1-3-4-11-15-12-10-13(2)14-8-6-5-7-9-14/h5-9,13,15H,3-4,10-12H2,1-2H3/t13-/m1/s1. The highest BCUT2D eigenvalue weighted by atomic mass is 14.8. The molecule has 0 amide bonds. The van der Waals surface area contributed by atoms with Gasteiger partial charge in [0.25, 0.3) is 0 Å². The summed E-state index contributed by atoms with van der Waals surface area (Å²) in [6, 6.07) is 10.8. The topological polar surface area (TPSA) is 12.0 Å². The molecule has 0 radical (unpaired) electrons. The van der Waals surface area contributed by atoms with E-state index in [1.54, 1.807) is 0 Å². The molecule has 1 nitrogen and oxygen atoms in total. The molecule has 1 aromatic carbocycles. The maximum absolute atomic E-state index is 3.49. The van der Waals surface area contributed by atoms with Crippen LogP contribution in [0.4, 0.5) is 0 Å². The zero-order valence-corrected chi connectivity index (χ0v) is 10.00. The Hall–Kier alpha value is -0.820. The molecule has 0 aliphatic heterocycles. The van der Waals surface area contributed by atoms with Gasteiger partial charge < -0.3 is 5.32 Å². The Morgan fingerprint density at radius 1 is 1.13 bits per heavy atom. The zero-order chi connectivity index (χ0) is 10.9. The number of unbranched alkanes of at least 4 members (excludes halogenated alkanes) is 1. The van der Waals surface area contributed by atoms with Crippen molar-refractivity contribution in [2.45, 2.75) is 39.0 Å². The third kappa shape index (κ3) is 4.98.